The third-order valence-corrected chi connectivity index (χ3v) is 11.1. The first-order chi connectivity index (χ1) is 31.3. The molecule has 0 spiro atoms. The molecule has 8 heterocycles. The first-order valence-corrected chi connectivity index (χ1v) is 22.3. The number of aromatic carboxylic acids is 1. The van der Waals surface area contributed by atoms with Gasteiger partial charge in [-0.05, 0) is 82.5 Å². The van der Waals surface area contributed by atoms with Crippen molar-refractivity contribution in [1.29, 1.82) is 0 Å². The van der Waals surface area contributed by atoms with Crippen molar-refractivity contribution in [3.63, 3.8) is 0 Å². The molecule has 0 saturated heterocycles. The summed E-state index contributed by atoms with van der Waals surface area (Å²) in [6.45, 7) is 14.8. The van der Waals surface area contributed by atoms with E-state index in [2.05, 4.69) is 105 Å². The second-order valence-corrected chi connectivity index (χ2v) is 16.4. The number of para-hydroxylation sites is 2. The van der Waals surface area contributed by atoms with Crippen LogP contribution in [-0.4, -0.2) is 100.0 Å². The van der Waals surface area contributed by atoms with Gasteiger partial charge in [-0.15, -0.1) is 0 Å². The van der Waals surface area contributed by atoms with Gasteiger partial charge in [0, 0.05) is 121 Å². The van der Waals surface area contributed by atoms with Crippen LogP contribution >= 0.6 is 9.12 Å². The molecule has 1 amide bonds. The Bertz CT molecular complexity index is 2830. The largest absolute Gasteiger partial charge is 0.384 e. The molecule has 10 rings (SSSR count). The molecule has 336 valence electrons. The van der Waals surface area contributed by atoms with E-state index in [1.165, 1.54) is 29.4 Å². The standard InChI is InChI=1S/C20H17N5O.C12H10N4O2.C8H9N.C8H19N.BH2OP/c1-24-12-15(10-23-24)17-11-22-19-16(17)8-14(9-21-19)20(26)25-7-6-13-4-2-3-5-18(13)25;1-16-6-8(4-15-16)10-5-14-11-9(10)2-7(3-13-11)12(17)18;1-2-4-8-7(3-1)5-6-9-8;1-6-9(7(2)3)8(4)5;2-1-3/h2-5,8-12H,6-7H2,1H3,(H,21,22);2-6H,1H3,(H,13,14)(H,17,18);1-4,9H,5-6H2;7-8H,6H2,1-5H3;3H2. The summed E-state index contributed by atoms with van der Waals surface area (Å²) in [4.78, 5) is 43.1. The zero-order chi connectivity index (χ0) is 46.6. The van der Waals surface area contributed by atoms with Gasteiger partial charge in [0.1, 0.15) is 11.3 Å². The summed E-state index contributed by atoms with van der Waals surface area (Å²) in [6.07, 6.45) is 16.2. The van der Waals surface area contributed by atoms with E-state index in [1.807, 2.05) is 77.2 Å². The fraction of sp³-hybridized carbons (Fsp3) is 0.292. The molecule has 17 heteroatoms. The van der Waals surface area contributed by atoms with E-state index in [9.17, 15) is 9.59 Å². The summed E-state index contributed by atoms with van der Waals surface area (Å²) in [5.41, 5.74) is 11.0. The maximum absolute atomic E-state index is 13.1. The van der Waals surface area contributed by atoms with Gasteiger partial charge in [0.15, 0.2) is 0 Å². The molecular weight excluding hydrogens is 836 g/mol. The van der Waals surface area contributed by atoms with E-state index < -0.39 is 5.97 Å². The molecule has 6 aromatic heterocycles. The molecule has 1 unspecified atom stereocenters. The van der Waals surface area contributed by atoms with Crippen LogP contribution < -0.4 is 10.2 Å². The fourth-order valence-corrected chi connectivity index (χ4v) is 8.11. The molecule has 0 radical (unpaired) electrons. The van der Waals surface area contributed by atoms with E-state index in [4.69, 9.17) is 9.81 Å². The number of H-pyrrole nitrogens is 2. The summed E-state index contributed by atoms with van der Waals surface area (Å²) in [5.74, 6) is -0.995. The predicted octanol–water partition coefficient (Wildman–Crippen LogP) is 8.43. The number of fused-ring (bicyclic) bond motifs is 4. The number of hydrogen-bond acceptors (Lipinski definition) is 9. The molecule has 2 aliphatic rings. The first kappa shape index (κ1) is 47.7. The average Bonchev–Trinajstić information content (AvgIpc) is 4.17. The Morgan fingerprint density at radius 1 is 0.785 bits per heavy atom. The van der Waals surface area contributed by atoms with Crippen LogP contribution in [0.4, 0.5) is 11.4 Å². The fourth-order valence-electron chi connectivity index (χ4n) is 8.11. The number of nitrogens with one attached hydrogen (secondary N) is 3. The van der Waals surface area contributed by atoms with Crippen LogP contribution in [0.15, 0.2) is 110 Å². The molecule has 0 bridgehead atoms. The van der Waals surface area contributed by atoms with Crippen LogP contribution in [0.2, 0.25) is 0 Å². The smallest absolute Gasteiger partial charge is 0.0373 e. The first-order valence-electron chi connectivity index (χ1n) is 21.6. The second kappa shape index (κ2) is 22.2. The number of pyridine rings is 2. The molecule has 0 saturated carbocycles. The normalized spacial score (nSPS) is 12.2. The summed E-state index contributed by atoms with van der Waals surface area (Å²) < 4.78 is 12.2. The van der Waals surface area contributed by atoms with Crippen LogP contribution in [-0.2, 0) is 31.6 Å². The van der Waals surface area contributed by atoms with E-state index in [1.54, 1.807) is 34.0 Å². The zero-order valence-electron chi connectivity index (χ0n) is 38.0. The van der Waals surface area contributed by atoms with E-state index in [0.717, 1.165) is 63.9 Å². The number of carbonyl (C=O) groups excluding carboxylic acids is 1. The number of hydrogen-bond donors (Lipinski definition) is 4. The van der Waals surface area contributed by atoms with Crippen molar-refractivity contribution in [3.05, 3.63) is 132 Å². The minimum absolute atomic E-state index is 0.0114. The Morgan fingerprint density at radius 2 is 1.31 bits per heavy atom. The van der Waals surface area contributed by atoms with E-state index in [0.29, 0.717) is 36.7 Å². The second-order valence-electron chi connectivity index (χ2n) is 16.1. The third-order valence-electron chi connectivity index (χ3n) is 11.1. The number of aromatic nitrogens is 8. The Balaban J connectivity index is 0.000000155. The summed E-state index contributed by atoms with van der Waals surface area (Å²) in [6, 6.07) is 21.4. The van der Waals surface area contributed by atoms with Gasteiger partial charge in [-0.25, -0.2) is 14.8 Å². The minimum atomic E-state index is -0.984. The molecule has 4 N–H and O–H groups in total. The number of amides is 1. The number of carbonyl (C=O) groups is 2. The Kier molecular flexibility index (Phi) is 16.3. The van der Waals surface area contributed by atoms with Gasteiger partial charge in [-0.1, -0.05) is 43.3 Å². The van der Waals surface area contributed by atoms with Crippen LogP contribution in [0.1, 0.15) is 66.5 Å². The van der Waals surface area contributed by atoms with Gasteiger partial charge >= 0.3 is 26.7 Å². The molecule has 2 aromatic carbocycles. The molecule has 0 aliphatic carbocycles. The number of carboxylic acids is 1. The van der Waals surface area contributed by atoms with Crippen molar-refractivity contribution in [1.82, 2.24) is 44.4 Å². The Labute approximate surface area is 382 Å². The van der Waals surface area contributed by atoms with Crippen molar-refractivity contribution in [2.24, 2.45) is 14.1 Å². The number of nitrogens with zero attached hydrogens (tertiary/aromatic N) is 8. The van der Waals surface area contributed by atoms with Crippen LogP contribution in [0.3, 0.4) is 0 Å². The predicted molar refractivity (Wildman–Crippen MR) is 263 cm³/mol. The van der Waals surface area contributed by atoms with Gasteiger partial charge in [-0.2, -0.15) is 10.2 Å². The number of rotatable bonds is 7. The van der Waals surface area contributed by atoms with Crippen molar-refractivity contribution in [2.75, 3.05) is 29.9 Å². The number of benzene rings is 2. The molecule has 2 aliphatic heterocycles. The van der Waals surface area contributed by atoms with Crippen LogP contribution in [0.5, 0.6) is 0 Å². The van der Waals surface area contributed by atoms with Gasteiger partial charge in [-0.3, -0.25) is 19.1 Å². The molecule has 8 aromatic rings. The van der Waals surface area contributed by atoms with Gasteiger partial charge in [0.25, 0.3) is 5.91 Å². The maximum Gasteiger partial charge on any atom is 0.0373 e. The zero-order valence-corrected chi connectivity index (χ0v) is 39.1. The van der Waals surface area contributed by atoms with Crippen LogP contribution in [0.25, 0.3) is 44.3 Å². The van der Waals surface area contributed by atoms with Crippen LogP contribution in [0, 0.1) is 0 Å². The monoisotopic (exact) mass is 893 g/mol. The third kappa shape index (κ3) is 11.7. The van der Waals surface area contributed by atoms with E-state index >= 15 is 0 Å². The quantitative estimate of drug-likeness (QED) is 0.0895. The van der Waals surface area contributed by atoms with Crippen molar-refractivity contribution in [3.8, 4) is 22.3 Å². The van der Waals surface area contributed by atoms with Gasteiger partial charge in [0.05, 0.1) is 23.5 Å². The van der Waals surface area contributed by atoms with Gasteiger partial charge < -0.3 is 25.3 Å². The maximum atomic E-state index is 13.1. The molecular formula is C48H57BN11O4P. The molecule has 65 heavy (non-hydrogen) atoms. The van der Waals surface area contributed by atoms with Crippen molar-refractivity contribution >= 4 is 61.3 Å². The number of carboxylic acid groups (broad SMARTS) is 1. The SMILES string of the molecule is CCN(C(C)C)C(C)C.Cn1cc(-c2c[nH]c3ncc(C(=O)N4CCc5ccccc54)cc23)cn1.Cn1cc(-c2c[nH]c3ncc(C(=O)O)cc23)cn1.O=BP.c1ccc2c(c1)CCN2. The Hall–Kier alpha value is -6.77. The topological polar surface area (TPSA) is 183 Å². The number of aryl methyl sites for hydroxylation is 2. The molecule has 0 fully saturated rings. The number of aromatic amines is 2. The van der Waals surface area contributed by atoms with E-state index in [-0.39, 0.29) is 11.5 Å². The van der Waals surface area contributed by atoms with Gasteiger partial charge in [0.2, 0.25) is 0 Å². The molecule has 15 nitrogen and oxygen atoms in total. The number of anilines is 2. The summed E-state index contributed by atoms with van der Waals surface area (Å²) >= 11 is 0. The average molecular weight is 894 g/mol. The summed E-state index contributed by atoms with van der Waals surface area (Å²) in [5, 5.41) is 22.3. The van der Waals surface area contributed by atoms with Crippen molar-refractivity contribution in [2.45, 2.75) is 59.5 Å². The van der Waals surface area contributed by atoms with Crippen molar-refractivity contribution < 1.29 is 19.4 Å². The minimum Gasteiger partial charge on any atom is -0.384 e. The molecule has 1 atom stereocenters. The Morgan fingerprint density at radius 3 is 1.80 bits per heavy atom. The summed E-state index contributed by atoms with van der Waals surface area (Å²) in [7, 11) is 5.62.